The van der Waals surface area contributed by atoms with E-state index in [2.05, 4.69) is 5.32 Å². The van der Waals surface area contributed by atoms with Crippen LogP contribution < -0.4 is 5.32 Å². The number of nitrogens with one attached hydrogen (secondary N) is 1. The van der Waals surface area contributed by atoms with Gasteiger partial charge in [-0.15, -0.1) is 0 Å². The van der Waals surface area contributed by atoms with E-state index in [0.717, 1.165) is 12.3 Å². The van der Waals surface area contributed by atoms with Gasteiger partial charge in [0.1, 0.15) is 11.8 Å². The van der Waals surface area contributed by atoms with E-state index < -0.39 is 0 Å². The van der Waals surface area contributed by atoms with Crippen LogP contribution in [0.25, 0.3) is 0 Å². The first kappa shape index (κ1) is 9.29. The molecule has 0 bridgehead atoms. The molecule has 0 unspecified atom stereocenters. The van der Waals surface area contributed by atoms with Gasteiger partial charge >= 0.3 is 0 Å². The van der Waals surface area contributed by atoms with Crippen LogP contribution in [-0.4, -0.2) is 6.04 Å². The molecular weight excluding hydrogens is 176 g/mol. The van der Waals surface area contributed by atoms with Gasteiger partial charge in [-0.2, -0.15) is 5.26 Å². The lowest BCUT2D eigenvalue weighted by Gasteiger charge is -2.09. The highest BCUT2D eigenvalue weighted by atomic mass is 16.3. The third-order valence-corrected chi connectivity index (χ3v) is 2.69. The lowest BCUT2D eigenvalue weighted by molar-refractivity contribution is 0.440. The standard InChI is InChI=1S/C11H14N2O/c12-7-10-5-6-11(14-10)8-13-9-3-1-2-4-9/h5-6,9,13H,1-4,8H2. The highest BCUT2D eigenvalue weighted by molar-refractivity contribution is 5.18. The Morgan fingerprint density at radius 1 is 1.43 bits per heavy atom. The van der Waals surface area contributed by atoms with Gasteiger partial charge < -0.3 is 9.73 Å². The molecule has 1 saturated carbocycles. The summed E-state index contributed by atoms with van der Waals surface area (Å²) >= 11 is 0. The van der Waals surface area contributed by atoms with Crippen molar-refractivity contribution in [1.29, 1.82) is 5.26 Å². The largest absolute Gasteiger partial charge is 0.449 e. The van der Waals surface area contributed by atoms with Crippen LogP contribution in [-0.2, 0) is 6.54 Å². The Hall–Kier alpha value is -1.27. The number of hydrogen-bond acceptors (Lipinski definition) is 3. The molecule has 1 fully saturated rings. The van der Waals surface area contributed by atoms with E-state index in [0.29, 0.717) is 11.8 Å². The average molecular weight is 190 g/mol. The molecule has 0 atom stereocenters. The van der Waals surface area contributed by atoms with Crippen molar-refractivity contribution >= 4 is 0 Å². The molecule has 14 heavy (non-hydrogen) atoms. The van der Waals surface area contributed by atoms with Gasteiger partial charge in [-0.05, 0) is 25.0 Å². The second-order valence-electron chi connectivity index (χ2n) is 3.74. The van der Waals surface area contributed by atoms with Crippen LogP contribution in [0.4, 0.5) is 0 Å². The fraction of sp³-hybridized carbons (Fsp3) is 0.545. The number of furan rings is 1. The summed E-state index contributed by atoms with van der Waals surface area (Å²) in [5.41, 5.74) is 0. The minimum atomic E-state index is 0.397. The van der Waals surface area contributed by atoms with Gasteiger partial charge in [0, 0.05) is 6.04 Å². The molecule has 0 aliphatic heterocycles. The van der Waals surface area contributed by atoms with E-state index in [9.17, 15) is 0 Å². The van der Waals surface area contributed by atoms with Crippen molar-refractivity contribution in [1.82, 2.24) is 5.32 Å². The molecule has 1 aromatic rings. The highest BCUT2D eigenvalue weighted by Crippen LogP contribution is 2.18. The molecule has 74 valence electrons. The second-order valence-corrected chi connectivity index (χ2v) is 3.74. The normalized spacial score (nSPS) is 17.1. The predicted octanol–water partition coefficient (Wildman–Crippen LogP) is 2.18. The fourth-order valence-corrected chi connectivity index (χ4v) is 1.91. The molecule has 1 aliphatic rings. The Morgan fingerprint density at radius 3 is 2.86 bits per heavy atom. The molecule has 1 aliphatic carbocycles. The topological polar surface area (TPSA) is 49.0 Å². The number of rotatable bonds is 3. The van der Waals surface area contributed by atoms with Crippen LogP contribution in [0.15, 0.2) is 16.5 Å². The molecule has 0 amide bonds. The summed E-state index contributed by atoms with van der Waals surface area (Å²) < 4.78 is 5.27. The first-order valence-corrected chi connectivity index (χ1v) is 5.10. The highest BCUT2D eigenvalue weighted by Gasteiger charge is 2.14. The smallest absolute Gasteiger partial charge is 0.203 e. The first-order valence-electron chi connectivity index (χ1n) is 5.10. The summed E-state index contributed by atoms with van der Waals surface area (Å²) in [5, 5.41) is 12.0. The van der Waals surface area contributed by atoms with Crippen molar-refractivity contribution in [3.8, 4) is 6.07 Å². The Kier molecular flexibility index (Phi) is 2.85. The molecule has 0 radical (unpaired) electrons. The lowest BCUT2D eigenvalue weighted by atomic mass is 10.2. The van der Waals surface area contributed by atoms with Crippen molar-refractivity contribution in [2.24, 2.45) is 0 Å². The van der Waals surface area contributed by atoms with E-state index in [1.165, 1.54) is 25.7 Å². The van der Waals surface area contributed by atoms with Crippen molar-refractivity contribution in [3.05, 3.63) is 23.7 Å². The fourth-order valence-electron chi connectivity index (χ4n) is 1.91. The SMILES string of the molecule is N#Cc1ccc(CNC2CCCC2)o1. The second kappa shape index (κ2) is 4.30. The Labute approximate surface area is 83.7 Å². The van der Waals surface area contributed by atoms with Crippen LogP contribution in [0.5, 0.6) is 0 Å². The summed E-state index contributed by atoms with van der Waals surface area (Å²) in [6.45, 7) is 0.742. The third-order valence-electron chi connectivity index (χ3n) is 2.69. The van der Waals surface area contributed by atoms with Crippen molar-refractivity contribution in [2.75, 3.05) is 0 Å². The summed E-state index contributed by atoms with van der Waals surface area (Å²) in [6, 6.07) is 6.20. The Bertz CT molecular complexity index is 331. The molecule has 1 aromatic heterocycles. The van der Waals surface area contributed by atoms with Crippen LogP contribution in [0, 0.1) is 11.3 Å². The third kappa shape index (κ3) is 2.15. The van der Waals surface area contributed by atoms with E-state index in [1.54, 1.807) is 6.07 Å². The number of hydrogen-bond donors (Lipinski definition) is 1. The molecule has 3 heteroatoms. The quantitative estimate of drug-likeness (QED) is 0.794. The first-order chi connectivity index (χ1) is 6.88. The van der Waals surface area contributed by atoms with Crippen LogP contribution in [0.2, 0.25) is 0 Å². The van der Waals surface area contributed by atoms with Crippen molar-refractivity contribution < 1.29 is 4.42 Å². The molecule has 1 heterocycles. The van der Waals surface area contributed by atoms with Crippen molar-refractivity contribution in [2.45, 2.75) is 38.3 Å². The monoisotopic (exact) mass is 190 g/mol. The summed E-state index contributed by atoms with van der Waals surface area (Å²) in [5.74, 6) is 1.25. The van der Waals surface area contributed by atoms with E-state index in [-0.39, 0.29) is 0 Å². The van der Waals surface area contributed by atoms with Gasteiger partial charge in [0.15, 0.2) is 0 Å². The van der Waals surface area contributed by atoms with Crippen LogP contribution >= 0.6 is 0 Å². The summed E-state index contributed by atoms with van der Waals surface area (Å²) in [4.78, 5) is 0. The number of nitriles is 1. The lowest BCUT2D eigenvalue weighted by Crippen LogP contribution is -2.24. The average Bonchev–Trinajstić information content (AvgIpc) is 2.86. The summed E-state index contributed by atoms with van der Waals surface area (Å²) in [7, 11) is 0. The van der Waals surface area contributed by atoms with Gasteiger partial charge in [-0.3, -0.25) is 0 Å². The van der Waals surface area contributed by atoms with Gasteiger partial charge in [-0.25, -0.2) is 0 Å². The molecule has 2 rings (SSSR count). The number of nitrogens with zero attached hydrogens (tertiary/aromatic N) is 1. The Balaban J connectivity index is 1.82. The van der Waals surface area contributed by atoms with Gasteiger partial charge in [0.2, 0.25) is 5.76 Å². The molecule has 0 saturated heterocycles. The van der Waals surface area contributed by atoms with Crippen LogP contribution in [0.3, 0.4) is 0 Å². The van der Waals surface area contributed by atoms with E-state index in [4.69, 9.17) is 9.68 Å². The maximum absolute atomic E-state index is 8.57. The minimum absolute atomic E-state index is 0.397. The summed E-state index contributed by atoms with van der Waals surface area (Å²) in [6.07, 6.45) is 5.20. The Morgan fingerprint density at radius 2 is 2.21 bits per heavy atom. The van der Waals surface area contributed by atoms with Gasteiger partial charge in [0.25, 0.3) is 0 Å². The zero-order valence-electron chi connectivity index (χ0n) is 8.12. The zero-order chi connectivity index (χ0) is 9.80. The molecule has 3 nitrogen and oxygen atoms in total. The van der Waals surface area contributed by atoms with Crippen LogP contribution in [0.1, 0.15) is 37.2 Å². The maximum atomic E-state index is 8.57. The molecule has 0 spiro atoms. The molecule has 1 N–H and O–H groups in total. The zero-order valence-corrected chi connectivity index (χ0v) is 8.12. The minimum Gasteiger partial charge on any atom is -0.449 e. The van der Waals surface area contributed by atoms with E-state index >= 15 is 0 Å². The van der Waals surface area contributed by atoms with E-state index in [1.807, 2.05) is 12.1 Å². The predicted molar refractivity (Wildman–Crippen MR) is 52.5 cm³/mol. The maximum Gasteiger partial charge on any atom is 0.203 e. The van der Waals surface area contributed by atoms with Gasteiger partial charge in [-0.1, -0.05) is 12.8 Å². The van der Waals surface area contributed by atoms with Gasteiger partial charge in [0.05, 0.1) is 6.54 Å². The molecular formula is C11H14N2O. The molecule has 0 aromatic carbocycles. The van der Waals surface area contributed by atoms with Crippen molar-refractivity contribution in [3.63, 3.8) is 0 Å².